The van der Waals surface area contributed by atoms with Gasteiger partial charge in [-0.2, -0.15) is 0 Å². The summed E-state index contributed by atoms with van der Waals surface area (Å²) in [5.41, 5.74) is 0.544. The van der Waals surface area contributed by atoms with Gasteiger partial charge in [0.1, 0.15) is 0 Å². The predicted octanol–water partition coefficient (Wildman–Crippen LogP) is 4.15. The number of thioether (sulfide) groups is 1. The van der Waals surface area contributed by atoms with Gasteiger partial charge in [-0.3, -0.25) is 4.79 Å². The molecule has 0 aliphatic carbocycles. The number of carbonyl (C=O) groups excluding carboxylic acids is 1. The zero-order chi connectivity index (χ0) is 19.3. The average Bonchev–Trinajstić information content (AvgIpc) is 2.56. The van der Waals surface area contributed by atoms with Crippen molar-refractivity contribution in [1.29, 1.82) is 0 Å². The van der Waals surface area contributed by atoms with E-state index in [4.69, 9.17) is 11.6 Å². The van der Waals surface area contributed by atoms with Crippen molar-refractivity contribution in [3.8, 4) is 0 Å². The van der Waals surface area contributed by atoms with Crippen molar-refractivity contribution in [2.45, 2.75) is 41.9 Å². The van der Waals surface area contributed by atoms with Crippen LogP contribution in [-0.2, 0) is 14.8 Å². The SMILES string of the molecule is CC(C)NS(=O)(=O)c1ccc(NC(=O)[C@@H](C)Sc2ccc(Cl)cc2)cc1. The van der Waals surface area contributed by atoms with Crippen LogP contribution >= 0.6 is 23.4 Å². The Morgan fingerprint density at radius 3 is 2.12 bits per heavy atom. The number of hydrogen-bond acceptors (Lipinski definition) is 4. The molecule has 2 N–H and O–H groups in total. The summed E-state index contributed by atoms with van der Waals surface area (Å²) in [5, 5.41) is 3.12. The number of benzene rings is 2. The second-order valence-corrected chi connectivity index (χ2v) is 9.57. The highest BCUT2D eigenvalue weighted by Gasteiger charge is 2.17. The molecule has 2 rings (SSSR count). The molecule has 1 atom stereocenters. The molecule has 1 amide bonds. The fourth-order valence-electron chi connectivity index (χ4n) is 2.11. The highest BCUT2D eigenvalue weighted by Crippen LogP contribution is 2.25. The van der Waals surface area contributed by atoms with Gasteiger partial charge in [-0.15, -0.1) is 11.8 Å². The molecule has 0 saturated heterocycles. The van der Waals surface area contributed by atoms with Crippen molar-refractivity contribution in [2.24, 2.45) is 0 Å². The number of carbonyl (C=O) groups is 1. The third kappa shape index (κ3) is 6.02. The standard InChI is InChI=1S/C18H21ClN2O3S2/c1-12(2)21-26(23,24)17-10-6-15(7-11-17)20-18(22)13(3)25-16-8-4-14(19)5-9-16/h4-13,21H,1-3H3,(H,20,22)/t13-/m1/s1. The molecule has 0 unspecified atom stereocenters. The van der Waals surface area contributed by atoms with E-state index in [1.54, 1.807) is 45.0 Å². The van der Waals surface area contributed by atoms with Crippen LogP contribution in [0.1, 0.15) is 20.8 Å². The van der Waals surface area contributed by atoms with Gasteiger partial charge in [-0.05, 0) is 69.3 Å². The van der Waals surface area contributed by atoms with Gasteiger partial charge in [0.2, 0.25) is 15.9 Å². The molecule has 0 spiro atoms. The van der Waals surface area contributed by atoms with Gasteiger partial charge in [0, 0.05) is 21.6 Å². The van der Waals surface area contributed by atoms with Gasteiger partial charge in [0.25, 0.3) is 0 Å². The van der Waals surface area contributed by atoms with Gasteiger partial charge in [-0.25, -0.2) is 13.1 Å². The maximum atomic E-state index is 12.3. The third-order valence-electron chi connectivity index (χ3n) is 3.32. The fraction of sp³-hybridized carbons (Fsp3) is 0.278. The van der Waals surface area contributed by atoms with Crippen LogP contribution in [0.3, 0.4) is 0 Å². The van der Waals surface area contributed by atoms with Crippen LogP contribution < -0.4 is 10.0 Å². The molecule has 0 saturated carbocycles. The molecule has 0 fully saturated rings. The molecule has 5 nitrogen and oxygen atoms in total. The molecule has 0 aliphatic heterocycles. The molecule has 26 heavy (non-hydrogen) atoms. The zero-order valence-corrected chi connectivity index (χ0v) is 17.1. The van der Waals surface area contributed by atoms with Crippen LogP contribution in [0.5, 0.6) is 0 Å². The molecule has 2 aromatic rings. The number of sulfonamides is 1. The first kappa shape index (κ1) is 20.8. The van der Waals surface area contributed by atoms with E-state index in [1.807, 2.05) is 12.1 Å². The quantitative estimate of drug-likeness (QED) is 0.670. The van der Waals surface area contributed by atoms with Crippen molar-refractivity contribution in [3.63, 3.8) is 0 Å². The van der Waals surface area contributed by atoms with Crippen LogP contribution in [-0.4, -0.2) is 25.6 Å². The van der Waals surface area contributed by atoms with Gasteiger partial charge in [0.05, 0.1) is 10.1 Å². The zero-order valence-electron chi connectivity index (χ0n) is 14.7. The van der Waals surface area contributed by atoms with E-state index in [1.165, 1.54) is 23.9 Å². The second-order valence-electron chi connectivity index (χ2n) is 6.00. The monoisotopic (exact) mass is 412 g/mol. The Bertz CT molecular complexity index is 851. The summed E-state index contributed by atoms with van der Waals surface area (Å²) in [7, 11) is -3.54. The van der Waals surface area contributed by atoms with E-state index in [-0.39, 0.29) is 22.1 Å². The van der Waals surface area contributed by atoms with Crippen LogP contribution in [0.25, 0.3) is 0 Å². The van der Waals surface area contributed by atoms with Crippen LogP contribution in [0, 0.1) is 0 Å². The van der Waals surface area contributed by atoms with E-state index in [9.17, 15) is 13.2 Å². The first-order chi connectivity index (χ1) is 12.2. The first-order valence-electron chi connectivity index (χ1n) is 8.03. The third-order valence-corrected chi connectivity index (χ3v) is 6.36. The van der Waals surface area contributed by atoms with Crippen LogP contribution in [0.2, 0.25) is 5.02 Å². The van der Waals surface area contributed by atoms with Gasteiger partial charge >= 0.3 is 0 Å². The van der Waals surface area contributed by atoms with Crippen molar-refractivity contribution in [1.82, 2.24) is 4.72 Å². The maximum absolute atomic E-state index is 12.3. The maximum Gasteiger partial charge on any atom is 0.240 e. The average molecular weight is 413 g/mol. The Morgan fingerprint density at radius 2 is 1.58 bits per heavy atom. The van der Waals surface area contributed by atoms with Gasteiger partial charge < -0.3 is 5.32 Å². The van der Waals surface area contributed by atoms with E-state index >= 15 is 0 Å². The van der Waals surface area contributed by atoms with Crippen molar-refractivity contribution >= 4 is 45.0 Å². The van der Waals surface area contributed by atoms with Crippen LogP contribution in [0.15, 0.2) is 58.3 Å². The van der Waals surface area contributed by atoms with Crippen molar-refractivity contribution in [3.05, 3.63) is 53.6 Å². The number of rotatable bonds is 7. The Balaban J connectivity index is 1.99. The molecule has 0 bridgehead atoms. The summed E-state index contributed by atoms with van der Waals surface area (Å²) in [6, 6.07) is 13.2. The molecule has 140 valence electrons. The lowest BCUT2D eigenvalue weighted by Crippen LogP contribution is -2.30. The van der Waals surface area contributed by atoms with E-state index < -0.39 is 10.0 Å². The van der Waals surface area contributed by atoms with Crippen molar-refractivity contribution in [2.75, 3.05) is 5.32 Å². The minimum absolute atomic E-state index is 0.160. The Labute approximate surface area is 163 Å². The lowest BCUT2D eigenvalue weighted by atomic mass is 10.3. The molecule has 0 aromatic heterocycles. The highest BCUT2D eigenvalue weighted by molar-refractivity contribution is 8.00. The lowest BCUT2D eigenvalue weighted by molar-refractivity contribution is -0.115. The summed E-state index contributed by atoms with van der Waals surface area (Å²) in [4.78, 5) is 13.4. The highest BCUT2D eigenvalue weighted by atomic mass is 35.5. The largest absolute Gasteiger partial charge is 0.325 e. The summed E-state index contributed by atoms with van der Waals surface area (Å²) in [6.45, 7) is 5.32. The second kappa shape index (κ2) is 8.90. The minimum Gasteiger partial charge on any atom is -0.325 e. The molecule has 2 aromatic carbocycles. The molecule has 0 aliphatic rings. The van der Waals surface area contributed by atoms with Gasteiger partial charge in [0.15, 0.2) is 0 Å². The molecule has 8 heteroatoms. The number of amides is 1. The Kier molecular flexibility index (Phi) is 7.11. The number of anilines is 1. The Hall–Kier alpha value is -1.54. The summed E-state index contributed by atoms with van der Waals surface area (Å²) >= 11 is 7.27. The summed E-state index contributed by atoms with van der Waals surface area (Å²) in [5.74, 6) is -0.166. The van der Waals surface area contributed by atoms with Crippen molar-refractivity contribution < 1.29 is 13.2 Å². The van der Waals surface area contributed by atoms with E-state index in [2.05, 4.69) is 10.0 Å². The number of hydrogen-bond donors (Lipinski definition) is 2. The summed E-state index contributed by atoms with van der Waals surface area (Å²) < 4.78 is 26.7. The van der Waals surface area contributed by atoms with Crippen LogP contribution in [0.4, 0.5) is 5.69 Å². The smallest absolute Gasteiger partial charge is 0.240 e. The minimum atomic E-state index is -3.54. The fourth-order valence-corrected chi connectivity index (χ4v) is 4.35. The van der Waals surface area contributed by atoms with E-state index in [0.717, 1.165) is 4.90 Å². The number of nitrogens with one attached hydrogen (secondary N) is 2. The molecule has 0 radical (unpaired) electrons. The number of halogens is 1. The molecular weight excluding hydrogens is 392 g/mol. The summed E-state index contributed by atoms with van der Waals surface area (Å²) in [6.07, 6.45) is 0. The molecular formula is C18H21ClN2O3S2. The Morgan fingerprint density at radius 1 is 1.00 bits per heavy atom. The topological polar surface area (TPSA) is 75.3 Å². The predicted molar refractivity (Wildman–Crippen MR) is 107 cm³/mol. The van der Waals surface area contributed by atoms with Gasteiger partial charge in [-0.1, -0.05) is 11.6 Å². The molecule has 0 heterocycles. The normalized spacial score (nSPS) is 12.8. The van der Waals surface area contributed by atoms with E-state index in [0.29, 0.717) is 10.7 Å². The first-order valence-corrected chi connectivity index (χ1v) is 10.8. The lowest BCUT2D eigenvalue weighted by Gasteiger charge is -2.13.